The van der Waals surface area contributed by atoms with Gasteiger partial charge >= 0.3 is 0 Å². The molecule has 3 rings (SSSR count). The van der Waals surface area contributed by atoms with Crippen molar-refractivity contribution < 1.29 is 4.74 Å². The van der Waals surface area contributed by atoms with Gasteiger partial charge in [-0.25, -0.2) is 0 Å². The average molecular weight is 295 g/mol. The molecule has 0 aliphatic carbocycles. The lowest BCUT2D eigenvalue weighted by Crippen LogP contribution is -1.91. The second kappa shape index (κ2) is 6.10. The molecule has 0 aromatic heterocycles. The Balaban J connectivity index is 1.87. The van der Waals surface area contributed by atoms with Crippen LogP contribution in [0.3, 0.4) is 0 Å². The molecule has 2 N–H and O–H groups in total. The third-order valence-corrected chi connectivity index (χ3v) is 4.55. The molecule has 0 fully saturated rings. The monoisotopic (exact) mass is 295 g/mol. The first-order valence-corrected chi connectivity index (χ1v) is 7.79. The third-order valence-electron chi connectivity index (χ3n) is 3.45. The molecule has 21 heavy (non-hydrogen) atoms. The topological polar surface area (TPSA) is 35.2 Å². The zero-order chi connectivity index (χ0) is 14.7. The molecule has 0 spiro atoms. The van der Waals surface area contributed by atoms with Crippen LogP contribution in [0.1, 0.15) is 5.56 Å². The Morgan fingerprint density at radius 2 is 1.81 bits per heavy atom. The number of rotatable bonds is 4. The van der Waals surface area contributed by atoms with Gasteiger partial charge in [-0.05, 0) is 28.5 Å². The van der Waals surface area contributed by atoms with E-state index in [0.717, 1.165) is 22.1 Å². The third kappa shape index (κ3) is 2.98. The second-order valence-electron chi connectivity index (χ2n) is 4.84. The summed E-state index contributed by atoms with van der Waals surface area (Å²) < 4.78 is 5.40. The molecule has 0 bridgehead atoms. The lowest BCUT2D eigenvalue weighted by atomic mass is 10.1. The number of nitrogens with two attached hydrogens (primary N) is 1. The van der Waals surface area contributed by atoms with Gasteiger partial charge in [0.2, 0.25) is 0 Å². The molecular formula is C18H17NOS. The molecular weight excluding hydrogens is 278 g/mol. The minimum atomic E-state index is 0.723. The van der Waals surface area contributed by atoms with E-state index in [1.807, 2.05) is 18.2 Å². The number of fused-ring (bicyclic) bond motifs is 1. The minimum absolute atomic E-state index is 0.723. The fourth-order valence-electron chi connectivity index (χ4n) is 2.38. The van der Waals surface area contributed by atoms with E-state index in [0.29, 0.717) is 0 Å². The van der Waals surface area contributed by atoms with Gasteiger partial charge in [0.25, 0.3) is 0 Å². The Hall–Kier alpha value is -2.13. The van der Waals surface area contributed by atoms with E-state index in [9.17, 15) is 0 Å². The Bertz CT molecular complexity index is 765. The van der Waals surface area contributed by atoms with Crippen molar-refractivity contribution >= 4 is 28.2 Å². The molecule has 0 saturated carbocycles. The maximum absolute atomic E-state index is 5.80. The van der Waals surface area contributed by atoms with Crippen LogP contribution >= 0.6 is 11.8 Å². The summed E-state index contributed by atoms with van der Waals surface area (Å²) in [6.45, 7) is 0. The van der Waals surface area contributed by atoms with Crippen LogP contribution in [0, 0.1) is 0 Å². The second-order valence-corrected chi connectivity index (χ2v) is 5.85. The molecule has 3 aromatic rings. The average Bonchev–Trinajstić information content (AvgIpc) is 2.53. The molecule has 0 amide bonds. The molecule has 3 heteroatoms. The van der Waals surface area contributed by atoms with Crippen molar-refractivity contribution in [2.45, 2.75) is 10.6 Å². The molecule has 106 valence electrons. The van der Waals surface area contributed by atoms with Crippen molar-refractivity contribution in [3.63, 3.8) is 0 Å². The van der Waals surface area contributed by atoms with Gasteiger partial charge in [0.1, 0.15) is 5.75 Å². The molecule has 0 heterocycles. The smallest absolute Gasteiger partial charge is 0.134 e. The summed E-state index contributed by atoms with van der Waals surface area (Å²) in [4.78, 5) is 1.11. The normalized spacial score (nSPS) is 10.7. The van der Waals surface area contributed by atoms with E-state index in [-0.39, 0.29) is 0 Å². The van der Waals surface area contributed by atoms with Crippen molar-refractivity contribution in [3.8, 4) is 5.75 Å². The molecule has 0 atom stereocenters. The standard InChI is InChI=1S/C18H17NOS/c1-20-17-11-15(19)9-10-18(17)21-12-14-7-4-6-13-5-2-3-8-16(13)14/h2-11H,12,19H2,1H3. The van der Waals surface area contributed by atoms with E-state index >= 15 is 0 Å². The predicted octanol–water partition coefficient (Wildman–Crippen LogP) is 4.72. The first-order chi connectivity index (χ1) is 10.3. The highest BCUT2D eigenvalue weighted by molar-refractivity contribution is 7.98. The first-order valence-electron chi connectivity index (χ1n) is 6.81. The van der Waals surface area contributed by atoms with Crippen LogP contribution in [0.4, 0.5) is 5.69 Å². The summed E-state index contributed by atoms with van der Waals surface area (Å²) in [5, 5.41) is 2.58. The molecule has 0 radical (unpaired) electrons. The highest BCUT2D eigenvalue weighted by Gasteiger charge is 2.06. The summed E-state index contributed by atoms with van der Waals surface area (Å²) in [6.07, 6.45) is 0. The molecule has 3 aromatic carbocycles. The van der Waals surface area contributed by atoms with Crippen LogP contribution in [0.5, 0.6) is 5.75 Å². The number of ether oxygens (including phenoxy) is 1. The van der Waals surface area contributed by atoms with Crippen LogP contribution in [-0.4, -0.2) is 7.11 Å². The van der Waals surface area contributed by atoms with Crippen molar-refractivity contribution in [1.82, 2.24) is 0 Å². The number of nitrogen functional groups attached to an aromatic ring is 1. The summed E-state index contributed by atoms with van der Waals surface area (Å²) in [6, 6.07) is 20.7. The first kappa shape index (κ1) is 13.8. The predicted molar refractivity (Wildman–Crippen MR) is 90.9 cm³/mol. The van der Waals surface area contributed by atoms with Gasteiger partial charge in [-0.15, -0.1) is 11.8 Å². The molecule has 0 aliphatic rings. The van der Waals surface area contributed by atoms with Gasteiger partial charge in [0.05, 0.1) is 7.11 Å². The van der Waals surface area contributed by atoms with Gasteiger partial charge in [-0.3, -0.25) is 0 Å². The molecule has 0 unspecified atom stereocenters. The quantitative estimate of drug-likeness (QED) is 0.558. The summed E-state index contributed by atoms with van der Waals surface area (Å²) in [7, 11) is 1.68. The Kier molecular flexibility index (Phi) is 4.02. The zero-order valence-electron chi connectivity index (χ0n) is 11.9. The molecule has 2 nitrogen and oxygen atoms in total. The minimum Gasteiger partial charge on any atom is -0.496 e. The summed E-state index contributed by atoms with van der Waals surface area (Å²) >= 11 is 1.77. The van der Waals surface area contributed by atoms with Crippen molar-refractivity contribution in [3.05, 3.63) is 66.2 Å². The SMILES string of the molecule is COc1cc(N)ccc1SCc1cccc2ccccc12. The van der Waals surface area contributed by atoms with Gasteiger partial charge in [-0.1, -0.05) is 42.5 Å². The Morgan fingerprint density at radius 3 is 2.67 bits per heavy atom. The number of anilines is 1. The number of hydrogen-bond acceptors (Lipinski definition) is 3. The summed E-state index contributed by atoms with van der Waals surface area (Å²) in [5.74, 6) is 1.74. The number of hydrogen-bond donors (Lipinski definition) is 1. The van der Waals surface area contributed by atoms with Crippen molar-refractivity contribution in [2.24, 2.45) is 0 Å². The zero-order valence-corrected chi connectivity index (χ0v) is 12.7. The van der Waals surface area contributed by atoms with Gasteiger partial charge in [0, 0.05) is 22.4 Å². The van der Waals surface area contributed by atoms with E-state index in [1.54, 1.807) is 18.9 Å². The largest absolute Gasteiger partial charge is 0.496 e. The maximum Gasteiger partial charge on any atom is 0.134 e. The fraction of sp³-hybridized carbons (Fsp3) is 0.111. The van der Waals surface area contributed by atoms with Crippen LogP contribution in [0.2, 0.25) is 0 Å². The van der Waals surface area contributed by atoms with Gasteiger partial charge < -0.3 is 10.5 Å². The van der Waals surface area contributed by atoms with Crippen LogP contribution in [-0.2, 0) is 5.75 Å². The van der Waals surface area contributed by atoms with Gasteiger partial charge in [-0.2, -0.15) is 0 Å². The highest BCUT2D eigenvalue weighted by Crippen LogP contribution is 2.34. The van der Waals surface area contributed by atoms with E-state index < -0.39 is 0 Å². The number of thioether (sulfide) groups is 1. The number of methoxy groups -OCH3 is 1. The van der Waals surface area contributed by atoms with Crippen LogP contribution in [0.25, 0.3) is 10.8 Å². The Morgan fingerprint density at radius 1 is 1.00 bits per heavy atom. The van der Waals surface area contributed by atoms with E-state index in [1.165, 1.54) is 16.3 Å². The van der Waals surface area contributed by atoms with E-state index in [4.69, 9.17) is 10.5 Å². The van der Waals surface area contributed by atoms with Crippen LogP contribution < -0.4 is 10.5 Å². The van der Waals surface area contributed by atoms with Gasteiger partial charge in [0.15, 0.2) is 0 Å². The highest BCUT2D eigenvalue weighted by atomic mass is 32.2. The summed E-state index contributed by atoms with van der Waals surface area (Å²) in [5.41, 5.74) is 7.85. The molecule has 0 aliphatic heterocycles. The van der Waals surface area contributed by atoms with Crippen LogP contribution in [0.15, 0.2) is 65.6 Å². The molecule has 0 saturated heterocycles. The lowest BCUT2D eigenvalue weighted by Gasteiger charge is -2.10. The lowest BCUT2D eigenvalue weighted by molar-refractivity contribution is 0.405. The maximum atomic E-state index is 5.80. The Labute approximate surface area is 128 Å². The fourth-order valence-corrected chi connectivity index (χ4v) is 3.39. The van der Waals surface area contributed by atoms with E-state index in [2.05, 4.69) is 42.5 Å². The van der Waals surface area contributed by atoms with Crippen molar-refractivity contribution in [1.29, 1.82) is 0 Å². The van der Waals surface area contributed by atoms with Crippen molar-refractivity contribution in [2.75, 3.05) is 12.8 Å². The number of benzene rings is 3.